The monoisotopic (exact) mass is 748 g/mol. The number of rotatable bonds is 8. The number of ketones is 2. The van der Waals surface area contributed by atoms with Gasteiger partial charge in [-0.1, -0.05) is 72.8 Å². The number of esters is 2. The number of anilines is 1. The highest BCUT2D eigenvalue weighted by molar-refractivity contribution is 9.10. The fourth-order valence-electron chi connectivity index (χ4n) is 6.42. The molecular weight excluding hydrogens is 712 g/mol. The van der Waals surface area contributed by atoms with E-state index in [1.54, 1.807) is 30.3 Å². The Balaban J connectivity index is 0.000000176. The Morgan fingerprint density at radius 1 is 0.725 bits per heavy atom. The molecule has 51 heavy (non-hydrogen) atoms. The van der Waals surface area contributed by atoms with Crippen molar-refractivity contribution in [2.45, 2.75) is 19.6 Å². The number of aromatic nitrogens is 1. The van der Waals surface area contributed by atoms with E-state index < -0.39 is 11.9 Å². The van der Waals surface area contributed by atoms with Crippen molar-refractivity contribution in [3.8, 4) is 0 Å². The molecule has 1 aromatic heterocycles. The number of ether oxygens (including phenoxy) is 2. The summed E-state index contributed by atoms with van der Waals surface area (Å²) in [6.07, 6.45) is 1.62. The Hall–Kier alpha value is -5.36. The number of hydrogen-bond donors (Lipinski definition) is 2. The highest BCUT2D eigenvalue weighted by Crippen LogP contribution is 2.32. The van der Waals surface area contributed by atoms with Crippen molar-refractivity contribution in [3.05, 3.63) is 147 Å². The number of aromatic amines is 1. The standard InChI is InChI=1S/C20H19BrN2O3.C20H18N2O3/c1-26-20(25)17-8-5-9-18(19(17)21)22-15-10-16(24)13-23(12-15)11-14-6-3-2-4-7-14;1-25-20(24)14-8-5-9-15-18(14)19-16(21-15)11-22(12-17(19)23)10-13-6-3-2-4-7-13/h2-10,22H,11-13H2,1H3;2-9,21H,10-12H2,1H3. The molecule has 2 aliphatic heterocycles. The zero-order chi connectivity index (χ0) is 35.9. The molecule has 2 N–H and O–H groups in total. The number of H-pyrrole nitrogens is 1. The second kappa shape index (κ2) is 16.1. The van der Waals surface area contributed by atoms with Crippen LogP contribution in [0.4, 0.5) is 5.69 Å². The van der Waals surface area contributed by atoms with Crippen LogP contribution in [0.2, 0.25) is 0 Å². The van der Waals surface area contributed by atoms with Crippen LogP contribution in [0.5, 0.6) is 0 Å². The molecule has 0 bridgehead atoms. The van der Waals surface area contributed by atoms with Crippen LogP contribution >= 0.6 is 15.9 Å². The van der Waals surface area contributed by atoms with Crippen molar-refractivity contribution < 1.29 is 28.7 Å². The van der Waals surface area contributed by atoms with Gasteiger partial charge >= 0.3 is 11.9 Å². The third-order valence-corrected chi connectivity index (χ3v) is 9.50. The van der Waals surface area contributed by atoms with Crippen LogP contribution in [-0.4, -0.2) is 72.1 Å². The van der Waals surface area contributed by atoms with Gasteiger partial charge in [-0.3, -0.25) is 19.4 Å². The summed E-state index contributed by atoms with van der Waals surface area (Å²) in [4.78, 5) is 56.3. The van der Waals surface area contributed by atoms with Crippen molar-refractivity contribution in [2.75, 3.05) is 39.2 Å². The van der Waals surface area contributed by atoms with E-state index in [0.717, 1.165) is 22.5 Å². The molecule has 0 radical (unpaired) electrons. The molecule has 0 atom stereocenters. The van der Waals surface area contributed by atoms with Crippen LogP contribution in [0.15, 0.2) is 113 Å². The Kier molecular flexibility index (Phi) is 11.2. The maximum Gasteiger partial charge on any atom is 0.339 e. The Morgan fingerprint density at radius 2 is 1.31 bits per heavy atom. The first-order chi connectivity index (χ1) is 24.7. The molecule has 4 aromatic carbocycles. The first-order valence-corrected chi connectivity index (χ1v) is 17.2. The minimum atomic E-state index is -0.424. The molecule has 0 fully saturated rings. The SMILES string of the molecule is COC(=O)c1cccc(NC2=CC(=O)CN(Cc3ccccc3)C2)c1Br.COC(=O)c1cccc2[nH]c3c(c12)C(=O)CN(Cc1ccccc1)C3. The predicted octanol–water partition coefficient (Wildman–Crippen LogP) is 6.77. The predicted molar refractivity (Wildman–Crippen MR) is 198 cm³/mol. The summed E-state index contributed by atoms with van der Waals surface area (Å²) in [7, 11) is 2.70. The van der Waals surface area contributed by atoms with Crippen LogP contribution in [0, 0.1) is 0 Å². The van der Waals surface area contributed by atoms with Crippen molar-refractivity contribution in [1.29, 1.82) is 0 Å². The molecule has 0 saturated heterocycles. The van der Waals surface area contributed by atoms with Crippen molar-refractivity contribution in [2.24, 2.45) is 0 Å². The van der Waals surface area contributed by atoms with Crippen molar-refractivity contribution in [1.82, 2.24) is 14.8 Å². The highest BCUT2D eigenvalue weighted by Gasteiger charge is 2.29. The largest absolute Gasteiger partial charge is 0.465 e. The molecule has 10 nitrogen and oxygen atoms in total. The Labute approximate surface area is 304 Å². The summed E-state index contributed by atoms with van der Waals surface area (Å²) in [6, 6.07) is 30.8. The van der Waals surface area contributed by atoms with Crippen LogP contribution in [-0.2, 0) is 33.9 Å². The van der Waals surface area contributed by atoms with Crippen LogP contribution < -0.4 is 5.32 Å². The van der Waals surface area contributed by atoms with Gasteiger partial charge in [0, 0.05) is 60.1 Å². The van der Waals surface area contributed by atoms with Gasteiger partial charge in [0.2, 0.25) is 0 Å². The number of methoxy groups -OCH3 is 2. The smallest absolute Gasteiger partial charge is 0.339 e. The normalized spacial score (nSPS) is 14.6. The van der Waals surface area contributed by atoms with E-state index in [-0.39, 0.29) is 11.6 Å². The van der Waals surface area contributed by atoms with Gasteiger partial charge in [-0.15, -0.1) is 0 Å². The van der Waals surface area contributed by atoms with Crippen LogP contribution in [0.3, 0.4) is 0 Å². The molecule has 0 amide bonds. The van der Waals surface area contributed by atoms with E-state index in [9.17, 15) is 19.2 Å². The van der Waals surface area contributed by atoms with Gasteiger partial charge in [0.15, 0.2) is 11.6 Å². The third-order valence-electron chi connectivity index (χ3n) is 8.64. The summed E-state index contributed by atoms with van der Waals surface area (Å²) < 4.78 is 10.3. The Morgan fingerprint density at radius 3 is 1.96 bits per heavy atom. The quantitative estimate of drug-likeness (QED) is 0.166. The number of halogens is 1. The number of carbonyl (C=O) groups is 4. The summed E-state index contributed by atoms with van der Waals surface area (Å²) >= 11 is 3.44. The van der Waals surface area contributed by atoms with Gasteiger partial charge in [0.25, 0.3) is 0 Å². The summed E-state index contributed by atoms with van der Waals surface area (Å²) in [5.74, 6) is -0.762. The lowest BCUT2D eigenvalue weighted by Crippen LogP contribution is -2.36. The van der Waals surface area contributed by atoms with Gasteiger partial charge in [-0.25, -0.2) is 9.59 Å². The molecule has 0 aliphatic carbocycles. The zero-order valence-electron chi connectivity index (χ0n) is 28.3. The van der Waals surface area contributed by atoms with E-state index in [1.165, 1.54) is 19.8 Å². The number of benzene rings is 4. The lowest BCUT2D eigenvalue weighted by Gasteiger charge is -2.27. The summed E-state index contributed by atoms with van der Waals surface area (Å²) in [5.41, 5.74) is 6.99. The molecule has 2 aliphatic rings. The fourth-order valence-corrected chi connectivity index (χ4v) is 6.95. The van der Waals surface area contributed by atoms with Crippen LogP contribution in [0.1, 0.15) is 47.9 Å². The molecule has 11 heteroatoms. The molecule has 7 rings (SSSR count). The maximum absolute atomic E-state index is 12.8. The first kappa shape index (κ1) is 35.5. The van der Waals surface area contributed by atoms with Gasteiger partial charge in [-0.05, 0) is 51.3 Å². The molecule has 3 heterocycles. The van der Waals surface area contributed by atoms with Crippen LogP contribution in [0.25, 0.3) is 10.9 Å². The number of carbonyl (C=O) groups excluding carboxylic acids is 4. The first-order valence-electron chi connectivity index (χ1n) is 16.4. The van der Waals surface area contributed by atoms with E-state index >= 15 is 0 Å². The Bertz CT molecular complexity index is 2110. The second-order valence-corrected chi connectivity index (χ2v) is 13.1. The lowest BCUT2D eigenvalue weighted by molar-refractivity contribution is -0.116. The molecule has 260 valence electrons. The zero-order valence-corrected chi connectivity index (χ0v) is 29.9. The highest BCUT2D eigenvalue weighted by atomic mass is 79.9. The topological polar surface area (TPSA) is 121 Å². The van der Waals surface area contributed by atoms with Gasteiger partial charge in [0.05, 0.1) is 48.6 Å². The van der Waals surface area contributed by atoms with Crippen molar-refractivity contribution in [3.63, 3.8) is 0 Å². The minimum Gasteiger partial charge on any atom is -0.465 e. The number of nitrogens with zero attached hydrogens (tertiary/aromatic N) is 2. The summed E-state index contributed by atoms with van der Waals surface area (Å²) in [5, 5.41) is 3.93. The average Bonchev–Trinajstić information content (AvgIpc) is 3.52. The molecule has 0 saturated carbocycles. The molecular formula is C40H37BrN4O6. The molecule has 0 spiro atoms. The van der Waals surface area contributed by atoms with Crippen molar-refractivity contribution >= 4 is 56.0 Å². The number of fused-ring (bicyclic) bond motifs is 3. The third kappa shape index (κ3) is 8.34. The van der Waals surface area contributed by atoms with E-state index in [1.807, 2.05) is 60.7 Å². The lowest BCUT2D eigenvalue weighted by atomic mass is 9.98. The van der Waals surface area contributed by atoms with E-state index in [2.05, 4.69) is 48.2 Å². The summed E-state index contributed by atoms with van der Waals surface area (Å²) in [6.45, 7) is 3.41. The number of nitrogens with one attached hydrogen (secondary N) is 2. The maximum atomic E-state index is 12.8. The number of hydrogen-bond acceptors (Lipinski definition) is 9. The fraction of sp³-hybridized carbons (Fsp3) is 0.200. The average molecular weight is 750 g/mol. The second-order valence-electron chi connectivity index (χ2n) is 12.3. The van der Waals surface area contributed by atoms with E-state index in [0.29, 0.717) is 71.5 Å². The van der Waals surface area contributed by atoms with E-state index in [4.69, 9.17) is 9.47 Å². The van der Waals surface area contributed by atoms with Gasteiger partial charge in [0.1, 0.15) is 0 Å². The van der Waals surface area contributed by atoms with Gasteiger partial charge in [-0.2, -0.15) is 0 Å². The molecule has 5 aromatic rings. The molecule has 0 unspecified atom stereocenters. The minimum absolute atomic E-state index is 0.0276. The number of Topliss-reactive ketones (excluding diaryl/α,β-unsaturated/α-hetero) is 1. The van der Waals surface area contributed by atoms with Gasteiger partial charge < -0.3 is 19.8 Å².